The van der Waals surface area contributed by atoms with Crippen molar-refractivity contribution < 1.29 is 19.0 Å². The monoisotopic (exact) mass is 384 g/mol. The van der Waals surface area contributed by atoms with Crippen LogP contribution >= 0.6 is 0 Å². The molecule has 1 aliphatic rings. The molecule has 0 amide bonds. The average Bonchev–Trinajstić information content (AvgIpc) is 2.67. The van der Waals surface area contributed by atoms with Crippen LogP contribution in [0.1, 0.15) is 111 Å². The van der Waals surface area contributed by atoms with Gasteiger partial charge in [-0.3, -0.25) is 4.79 Å². The average molecular weight is 385 g/mol. The second-order valence-corrected chi connectivity index (χ2v) is 8.29. The number of hydrogen-bond acceptors (Lipinski definition) is 4. The van der Waals surface area contributed by atoms with Crippen molar-refractivity contribution >= 4 is 5.78 Å². The van der Waals surface area contributed by atoms with E-state index in [0.29, 0.717) is 0 Å². The van der Waals surface area contributed by atoms with Crippen LogP contribution in [0.5, 0.6) is 0 Å². The van der Waals surface area contributed by atoms with Gasteiger partial charge >= 0.3 is 0 Å². The molecule has 160 valence electrons. The van der Waals surface area contributed by atoms with Gasteiger partial charge in [-0.1, -0.05) is 90.9 Å². The van der Waals surface area contributed by atoms with Crippen LogP contribution in [0.25, 0.3) is 0 Å². The standard InChI is InChI=1S/C23H44O4/c1-4-6-8-10-12-13-15-17-23(3,22-25-19-21(24)20-26-22)27-18-16-14-11-9-7-5-2/h22H,4-20H2,1-3H3. The van der Waals surface area contributed by atoms with E-state index in [2.05, 4.69) is 20.8 Å². The van der Waals surface area contributed by atoms with Crippen molar-refractivity contribution in [2.24, 2.45) is 0 Å². The second-order valence-electron chi connectivity index (χ2n) is 8.29. The number of carbonyl (C=O) groups excluding carboxylic acids is 1. The molecule has 27 heavy (non-hydrogen) atoms. The van der Waals surface area contributed by atoms with Gasteiger partial charge in [0.05, 0.1) is 0 Å². The highest BCUT2D eigenvalue weighted by Crippen LogP contribution is 2.29. The highest BCUT2D eigenvalue weighted by Gasteiger charge is 2.39. The van der Waals surface area contributed by atoms with Gasteiger partial charge in [-0.2, -0.15) is 0 Å². The van der Waals surface area contributed by atoms with Crippen molar-refractivity contribution in [1.29, 1.82) is 0 Å². The topological polar surface area (TPSA) is 44.8 Å². The van der Waals surface area contributed by atoms with Gasteiger partial charge in [0.25, 0.3) is 0 Å². The summed E-state index contributed by atoms with van der Waals surface area (Å²) in [5, 5.41) is 0. The first kappa shape index (κ1) is 24.6. The van der Waals surface area contributed by atoms with Crippen LogP contribution in [0.15, 0.2) is 0 Å². The van der Waals surface area contributed by atoms with Gasteiger partial charge in [0, 0.05) is 6.61 Å². The molecule has 1 rings (SSSR count). The molecule has 0 aromatic heterocycles. The van der Waals surface area contributed by atoms with E-state index in [9.17, 15) is 4.79 Å². The summed E-state index contributed by atoms with van der Waals surface area (Å²) in [6.07, 6.45) is 17.0. The minimum atomic E-state index is -0.451. The molecule has 1 unspecified atom stereocenters. The first-order chi connectivity index (χ1) is 13.1. The lowest BCUT2D eigenvalue weighted by Gasteiger charge is -2.38. The molecule has 1 saturated heterocycles. The third-order valence-electron chi connectivity index (χ3n) is 5.50. The van der Waals surface area contributed by atoms with E-state index in [-0.39, 0.29) is 19.0 Å². The molecule has 0 aromatic rings. The van der Waals surface area contributed by atoms with Crippen LogP contribution < -0.4 is 0 Å². The van der Waals surface area contributed by atoms with Crippen molar-refractivity contribution in [1.82, 2.24) is 0 Å². The molecule has 4 nitrogen and oxygen atoms in total. The van der Waals surface area contributed by atoms with Gasteiger partial charge in [0.15, 0.2) is 12.1 Å². The molecule has 0 spiro atoms. The minimum absolute atomic E-state index is 0.0143. The second kappa shape index (κ2) is 15.5. The zero-order chi connectivity index (χ0) is 19.8. The number of rotatable bonds is 17. The largest absolute Gasteiger partial charge is 0.370 e. The molecular weight excluding hydrogens is 340 g/mol. The smallest absolute Gasteiger partial charge is 0.187 e. The summed E-state index contributed by atoms with van der Waals surface area (Å²) in [7, 11) is 0. The Morgan fingerprint density at radius 1 is 0.815 bits per heavy atom. The summed E-state index contributed by atoms with van der Waals surface area (Å²) in [4.78, 5) is 11.4. The van der Waals surface area contributed by atoms with Crippen molar-refractivity contribution in [3.05, 3.63) is 0 Å². The van der Waals surface area contributed by atoms with Gasteiger partial charge in [-0.25, -0.2) is 0 Å². The van der Waals surface area contributed by atoms with E-state index in [4.69, 9.17) is 14.2 Å². The Labute approximate surface area is 167 Å². The minimum Gasteiger partial charge on any atom is -0.370 e. The molecular formula is C23H44O4. The number of unbranched alkanes of at least 4 members (excludes halogenated alkanes) is 11. The van der Waals surface area contributed by atoms with Crippen molar-refractivity contribution in [3.63, 3.8) is 0 Å². The zero-order valence-electron chi connectivity index (χ0n) is 18.2. The maximum absolute atomic E-state index is 11.4. The number of ether oxygens (including phenoxy) is 3. The molecule has 1 fully saturated rings. The van der Waals surface area contributed by atoms with E-state index in [1.165, 1.54) is 70.6 Å². The van der Waals surface area contributed by atoms with Gasteiger partial charge < -0.3 is 14.2 Å². The Hall–Kier alpha value is -0.450. The van der Waals surface area contributed by atoms with Crippen LogP contribution in [-0.4, -0.2) is 37.5 Å². The molecule has 1 heterocycles. The molecule has 0 N–H and O–H groups in total. The van der Waals surface area contributed by atoms with E-state index in [1.54, 1.807) is 0 Å². The molecule has 1 aliphatic heterocycles. The highest BCUT2D eigenvalue weighted by molar-refractivity contribution is 5.81. The fourth-order valence-electron chi connectivity index (χ4n) is 3.66. The van der Waals surface area contributed by atoms with Crippen LogP contribution in [0.3, 0.4) is 0 Å². The van der Waals surface area contributed by atoms with Gasteiger partial charge in [-0.15, -0.1) is 0 Å². The molecule has 0 radical (unpaired) electrons. The summed E-state index contributed by atoms with van der Waals surface area (Å²) in [6, 6.07) is 0. The van der Waals surface area contributed by atoms with E-state index in [1.807, 2.05) is 0 Å². The van der Waals surface area contributed by atoms with Crippen LogP contribution in [0.4, 0.5) is 0 Å². The van der Waals surface area contributed by atoms with Crippen molar-refractivity contribution in [3.8, 4) is 0 Å². The van der Waals surface area contributed by atoms with E-state index < -0.39 is 11.9 Å². The Morgan fingerprint density at radius 3 is 1.85 bits per heavy atom. The third kappa shape index (κ3) is 11.2. The van der Waals surface area contributed by atoms with Crippen molar-refractivity contribution in [2.75, 3.05) is 19.8 Å². The summed E-state index contributed by atoms with van der Waals surface area (Å²) >= 11 is 0. The molecule has 0 aliphatic carbocycles. The molecule has 0 aromatic carbocycles. The fourth-order valence-corrected chi connectivity index (χ4v) is 3.66. The predicted octanol–water partition coefficient (Wildman–Crippen LogP) is 6.20. The van der Waals surface area contributed by atoms with Crippen LogP contribution in [-0.2, 0) is 19.0 Å². The lowest BCUT2D eigenvalue weighted by molar-refractivity contribution is -0.262. The first-order valence-electron chi connectivity index (χ1n) is 11.5. The summed E-state index contributed by atoms with van der Waals surface area (Å²) in [5.41, 5.74) is -0.451. The quantitative estimate of drug-likeness (QED) is 0.280. The fraction of sp³-hybridized carbons (Fsp3) is 0.957. The maximum Gasteiger partial charge on any atom is 0.187 e. The Morgan fingerprint density at radius 2 is 1.30 bits per heavy atom. The summed E-state index contributed by atoms with van der Waals surface area (Å²) in [6.45, 7) is 7.64. The van der Waals surface area contributed by atoms with Gasteiger partial charge in [-0.05, 0) is 19.8 Å². The maximum atomic E-state index is 11.4. The number of carbonyl (C=O) groups is 1. The van der Waals surface area contributed by atoms with Gasteiger partial charge in [0.2, 0.25) is 0 Å². The first-order valence-corrected chi connectivity index (χ1v) is 11.5. The van der Waals surface area contributed by atoms with E-state index >= 15 is 0 Å². The zero-order valence-corrected chi connectivity index (χ0v) is 18.2. The lowest BCUT2D eigenvalue weighted by Crippen LogP contribution is -2.49. The Bertz CT molecular complexity index is 341. The predicted molar refractivity (Wildman–Crippen MR) is 111 cm³/mol. The molecule has 1 atom stereocenters. The summed E-state index contributed by atoms with van der Waals surface area (Å²) in [5.74, 6) is 0.0143. The number of ketones is 1. The van der Waals surface area contributed by atoms with Crippen LogP contribution in [0, 0.1) is 0 Å². The third-order valence-corrected chi connectivity index (χ3v) is 5.50. The summed E-state index contributed by atoms with van der Waals surface area (Å²) < 4.78 is 17.7. The molecule has 0 bridgehead atoms. The molecule has 4 heteroatoms. The Balaban J connectivity index is 2.33. The van der Waals surface area contributed by atoms with Crippen molar-refractivity contribution in [2.45, 2.75) is 123 Å². The van der Waals surface area contributed by atoms with E-state index in [0.717, 1.165) is 25.9 Å². The number of Topliss-reactive ketones (excluding diaryl/α,β-unsaturated/α-hetero) is 1. The van der Waals surface area contributed by atoms with Gasteiger partial charge in [0.1, 0.15) is 18.8 Å². The number of hydrogen-bond donors (Lipinski definition) is 0. The highest BCUT2D eigenvalue weighted by atomic mass is 16.7. The SMILES string of the molecule is CCCCCCCCCC(C)(OCCCCCCCC)C1OCC(=O)CO1. The normalized spacial score (nSPS) is 18.0. The van der Waals surface area contributed by atoms with Crippen LogP contribution in [0.2, 0.25) is 0 Å². The Kier molecular flexibility index (Phi) is 14.1. The lowest BCUT2D eigenvalue weighted by atomic mass is 9.95. The molecule has 0 saturated carbocycles.